The molecular weight excluding hydrogens is 218 g/mol. The number of aryl methyl sites for hydroxylation is 1. The Bertz CT molecular complexity index is 316. The maximum absolute atomic E-state index is 4.31. The van der Waals surface area contributed by atoms with E-state index >= 15 is 0 Å². The van der Waals surface area contributed by atoms with Gasteiger partial charge in [0, 0.05) is 23.5 Å². The molecule has 0 spiro atoms. The summed E-state index contributed by atoms with van der Waals surface area (Å²) in [6, 6.07) is 0.694. The standard InChI is InChI=1S/C12H21N3S/c1-9-12(15-8-14-9)7-13-10-3-5-11(16-2)6-4-10/h8,10-11,13H,3-7H2,1-2H3,(H,14,15). The van der Waals surface area contributed by atoms with Gasteiger partial charge in [-0.1, -0.05) is 0 Å². The summed E-state index contributed by atoms with van der Waals surface area (Å²) >= 11 is 2.02. The number of hydrogen-bond acceptors (Lipinski definition) is 3. The minimum Gasteiger partial charge on any atom is -0.348 e. The number of rotatable bonds is 4. The molecule has 2 N–H and O–H groups in total. The third kappa shape index (κ3) is 3.01. The Labute approximate surface area is 102 Å². The second-order valence-corrected chi connectivity index (χ2v) is 5.70. The monoisotopic (exact) mass is 239 g/mol. The SMILES string of the molecule is CSC1CCC(NCc2nc[nH]c2C)CC1. The lowest BCUT2D eigenvalue weighted by molar-refractivity contribution is 0.377. The average molecular weight is 239 g/mol. The van der Waals surface area contributed by atoms with Gasteiger partial charge in [0.2, 0.25) is 0 Å². The molecule has 1 fully saturated rings. The average Bonchev–Trinajstić information content (AvgIpc) is 2.73. The quantitative estimate of drug-likeness (QED) is 0.848. The number of thioether (sulfide) groups is 1. The van der Waals surface area contributed by atoms with Crippen LogP contribution in [-0.4, -0.2) is 27.5 Å². The molecule has 0 saturated heterocycles. The van der Waals surface area contributed by atoms with Crippen LogP contribution in [0.2, 0.25) is 0 Å². The number of imidazole rings is 1. The molecule has 0 atom stereocenters. The smallest absolute Gasteiger partial charge is 0.0925 e. The number of aromatic nitrogens is 2. The largest absolute Gasteiger partial charge is 0.348 e. The van der Waals surface area contributed by atoms with Crippen LogP contribution in [0.5, 0.6) is 0 Å². The van der Waals surface area contributed by atoms with E-state index in [4.69, 9.17) is 0 Å². The highest BCUT2D eigenvalue weighted by molar-refractivity contribution is 7.99. The van der Waals surface area contributed by atoms with Crippen molar-refractivity contribution in [2.24, 2.45) is 0 Å². The molecule has 0 unspecified atom stereocenters. The van der Waals surface area contributed by atoms with Crippen LogP contribution in [0.15, 0.2) is 6.33 Å². The van der Waals surface area contributed by atoms with Gasteiger partial charge in [-0.2, -0.15) is 11.8 Å². The molecule has 0 amide bonds. The predicted molar refractivity (Wildman–Crippen MR) is 69.7 cm³/mol. The molecule has 0 bridgehead atoms. The summed E-state index contributed by atoms with van der Waals surface area (Å²) in [4.78, 5) is 7.43. The van der Waals surface area contributed by atoms with Crippen LogP contribution >= 0.6 is 11.8 Å². The van der Waals surface area contributed by atoms with Crippen LogP contribution in [-0.2, 0) is 6.54 Å². The first-order valence-corrected chi connectivity index (χ1v) is 7.33. The summed E-state index contributed by atoms with van der Waals surface area (Å²) in [5.41, 5.74) is 2.34. The van der Waals surface area contributed by atoms with Crippen molar-refractivity contribution in [3.05, 3.63) is 17.7 Å². The van der Waals surface area contributed by atoms with Crippen LogP contribution in [0.1, 0.15) is 37.1 Å². The van der Waals surface area contributed by atoms with E-state index in [1.165, 1.54) is 31.4 Å². The van der Waals surface area contributed by atoms with Gasteiger partial charge in [0.15, 0.2) is 0 Å². The fraction of sp³-hybridized carbons (Fsp3) is 0.750. The second-order valence-electron chi connectivity index (χ2n) is 4.56. The van der Waals surface area contributed by atoms with Crippen molar-refractivity contribution in [3.63, 3.8) is 0 Å². The van der Waals surface area contributed by atoms with Crippen LogP contribution < -0.4 is 5.32 Å². The van der Waals surface area contributed by atoms with Gasteiger partial charge in [0.05, 0.1) is 12.0 Å². The molecule has 0 radical (unpaired) electrons. The van der Waals surface area contributed by atoms with E-state index < -0.39 is 0 Å². The third-order valence-electron chi connectivity index (χ3n) is 3.50. The molecule has 90 valence electrons. The molecule has 1 aromatic heterocycles. The number of H-pyrrole nitrogens is 1. The first kappa shape index (κ1) is 12.0. The van der Waals surface area contributed by atoms with E-state index in [2.05, 4.69) is 28.5 Å². The van der Waals surface area contributed by atoms with E-state index in [0.717, 1.165) is 17.5 Å². The van der Waals surface area contributed by atoms with Crippen LogP contribution in [0, 0.1) is 6.92 Å². The minimum absolute atomic E-state index is 0.694. The maximum Gasteiger partial charge on any atom is 0.0925 e. The van der Waals surface area contributed by atoms with E-state index in [9.17, 15) is 0 Å². The fourth-order valence-electron chi connectivity index (χ4n) is 2.31. The van der Waals surface area contributed by atoms with Gasteiger partial charge in [-0.15, -0.1) is 0 Å². The Morgan fingerprint density at radius 2 is 2.19 bits per heavy atom. The van der Waals surface area contributed by atoms with Crippen LogP contribution in [0.4, 0.5) is 0 Å². The Hall–Kier alpha value is -0.480. The second kappa shape index (κ2) is 5.73. The maximum atomic E-state index is 4.31. The summed E-state index contributed by atoms with van der Waals surface area (Å²) < 4.78 is 0. The van der Waals surface area contributed by atoms with Gasteiger partial charge < -0.3 is 10.3 Å². The molecule has 1 aromatic rings. The zero-order valence-electron chi connectivity index (χ0n) is 10.1. The molecular formula is C12H21N3S. The zero-order chi connectivity index (χ0) is 11.4. The highest BCUT2D eigenvalue weighted by Crippen LogP contribution is 2.26. The van der Waals surface area contributed by atoms with Crippen molar-refractivity contribution in [1.29, 1.82) is 0 Å². The first-order valence-electron chi connectivity index (χ1n) is 6.04. The number of hydrogen-bond donors (Lipinski definition) is 2. The molecule has 1 aliphatic rings. The summed E-state index contributed by atoms with van der Waals surface area (Å²) in [5.74, 6) is 0. The van der Waals surface area contributed by atoms with Crippen molar-refractivity contribution in [2.75, 3.05) is 6.26 Å². The molecule has 0 aromatic carbocycles. The Morgan fingerprint density at radius 1 is 1.44 bits per heavy atom. The first-order chi connectivity index (χ1) is 7.79. The Morgan fingerprint density at radius 3 is 2.75 bits per heavy atom. The highest BCUT2D eigenvalue weighted by Gasteiger charge is 2.20. The summed E-state index contributed by atoms with van der Waals surface area (Å²) in [6.07, 6.45) is 9.35. The predicted octanol–water partition coefficient (Wildman–Crippen LogP) is 2.48. The lowest BCUT2D eigenvalue weighted by Gasteiger charge is -2.28. The summed E-state index contributed by atoms with van der Waals surface area (Å²) in [6.45, 7) is 2.98. The molecule has 1 saturated carbocycles. The van der Waals surface area contributed by atoms with Crippen molar-refractivity contribution >= 4 is 11.8 Å². The van der Waals surface area contributed by atoms with Crippen molar-refractivity contribution in [2.45, 2.75) is 50.4 Å². The topological polar surface area (TPSA) is 40.7 Å². The van der Waals surface area contributed by atoms with Crippen molar-refractivity contribution in [1.82, 2.24) is 15.3 Å². The minimum atomic E-state index is 0.694. The lowest BCUT2D eigenvalue weighted by Crippen LogP contribution is -2.33. The van der Waals surface area contributed by atoms with Crippen molar-refractivity contribution in [3.8, 4) is 0 Å². The molecule has 0 aliphatic heterocycles. The number of aromatic amines is 1. The number of nitrogens with one attached hydrogen (secondary N) is 2. The normalized spacial score (nSPS) is 25.9. The molecule has 2 rings (SSSR count). The molecule has 1 aliphatic carbocycles. The highest BCUT2D eigenvalue weighted by atomic mass is 32.2. The van der Waals surface area contributed by atoms with E-state index in [0.29, 0.717) is 6.04 Å². The van der Waals surface area contributed by atoms with E-state index in [-0.39, 0.29) is 0 Å². The van der Waals surface area contributed by atoms with Gasteiger partial charge in [-0.05, 0) is 38.9 Å². The number of nitrogens with zero attached hydrogens (tertiary/aromatic N) is 1. The van der Waals surface area contributed by atoms with Gasteiger partial charge >= 0.3 is 0 Å². The van der Waals surface area contributed by atoms with Gasteiger partial charge in [0.25, 0.3) is 0 Å². The van der Waals surface area contributed by atoms with Gasteiger partial charge in [0.1, 0.15) is 0 Å². The lowest BCUT2D eigenvalue weighted by atomic mass is 9.95. The van der Waals surface area contributed by atoms with Gasteiger partial charge in [-0.25, -0.2) is 4.98 Å². The molecule has 4 heteroatoms. The Kier molecular flexibility index (Phi) is 4.29. The van der Waals surface area contributed by atoms with E-state index in [1.807, 2.05) is 11.8 Å². The van der Waals surface area contributed by atoms with Gasteiger partial charge in [-0.3, -0.25) is 0 Å². The summed E-state index contributed by atoms with van der Waals surface area (Å²) in [5, 5.41) is 4.51. The van der Waals surface area contributed by atoms with Crippen LogP contribution in [0.3, 0.4) is 0 Å². The molecule has 1 heterocycles. The Balaban J connectivity index is 1.73. The third-order valence-corrected chi connectivity index (χ3v) is 4.64. The molecule has 3 nitrogen and oxygen atoms in total. The van der Waals surface area contributed by atoms with Crippen LogP contribution in [0.25, 0.3) is 0 Å². The fourth-order valence-corrected chi connectivity index (χ4v) is 3.05. The molecule has 16 heavy (non-hydrogen) atoms. The van der Waals surface area contributed by atoms with E-state index in [1.54, 1.807) is 6.33 Å². The van der Waals surface area contributed by atoms with Crippen molar-refractivity contribution < 1.29 is 0 Å². The summed E-state index contributed by atoms with van der Waals surface area (Å²) in [7, 11) is 0. The zero-order valence-corrected chi connectivity index (χ0v) is 10.9.